The van der Waals surface area contributed by atoms with Gasteiger partial charge in [0.1, 0.15) is 17.0 Å². The number of hydrogen-bond donors (Lipinski definition) is 1. The molecular weight excluding hydrogens is 254 g/mol. The van der Waals surface area contributed by atoms with Crippen LogP contribution in [-0.4, -0.2) is 19.7 Å². The van der Waals surface area contributed by atoms with Crippen LogP contribution in [0.3, 0.4) is 0 Å². The second-order valence-electron chi connectivity index (χ2n) is 3.98. The van der Waals surface area contributed by atoms with Gasteiger partial charge in [-0.3, -0.25) is 4.57 Å². The van der Waals surface area contributed by atoms with Crippen LogP contribution in [0.5, 0.6) is 0 Å². The third kappa shape index (κ3) is 1.80. The molecule has 0 bridgehead atoms. The average Bonchev–Trinajstić information content (AvgIpc) is 2.84. The van der Waals surface area contributed by atoms with E-state index in [4.69, 9.17) is 21.9 Å². The fourth-order valence-corrected chi connectivity index (χ4v) is 1.97. The smallest absolute Gasteiger partial charge is 0.202 e. The summed E-state index contributed by atoms with van der Waals surface area (Å²) in [5, 5.41) is 4.45. The first-order chi connectivity index (χ1) is 8.63. The Balaban J connectivity index is 2.08. The number of rotatable bonds is 2. The number of hydrogen-bond acceptors (Lipinski definition) is 5. The molecule has 92 valence electrons. The highest BCUT2D eigenvalue weighted by atomic mass is 35.5. The highest BCUT2D eigenvalue weighted by molar-refractivity contribution is 6.31. The van der Waals surface area contributed by atoms with Crippen molar-refractivity contribution in [3.05, 3.63) is 34.8 Å². The molecule has 0 unspecified atom stereocenters. The normalized spacial score (nSPS) is 11.2. The fourth-order valence-electron chi connectivity index (χ4n) is 1.81. The van der Waals surface area contributed by atoms with E-state index in [1.165, 1.54) is 0 Å². The lowest BCUT2D eigenvalue weighted by molar-refractivity contribution is 0.389. The van der Waals surface area contributed by atoms with Crippen molar-refractivity contribution < 1.29 is 4.52 Å². The molecule has 0 aliphatic rings. The van der Waals surface area contributed by atoms with Gasteiger partial charge in [-0.15, -0.1) is 0 Å². The SMILES string of the molecule is Cc1cc(Cn2c(N)nc3cc(Cl)cnc32)no1. The Labute approximate surface area is 107 Å². The Morgan fingerprint density at radius 2 is 2.28 bits per heavy atom. The molecule has 0 fully saturated rings. The summed E-state index contributed by atoms with van der Waals surface area (Å²) in [6, 6.07) is 3.58. The topological polar surface area (TPSA) is 82.8 Å². The van der Waals surface area contributed by atoms with Crippen molar-refractivity contribution in [2.75, 3.05) is 5.73 Å². The zero-order valence-corrected chi connectivity index (χ0v) is 10.3. The van der Waals surface area contributed by atoms with Gasteiger partial charge >= 0.3 is 0 Å². The summed E-state index contributed by atoms with van der Waals surface area (Å²) in [6.45, 7) is 2.30. The van der Waals surface area contributed by atoms with Crippen molar-refractivity contribution in [2.24, 2.45) is 0 Å². The van der Waals surface area contributed by atoms with Gasteiger partial charge in [-0.2, -0.15) is 0 Å². The molecule has 0 aromatic carbocycles. The zero-order chi connectivity index (χ0) is 12.7. The maximum absolute atomic E-state index is 5.87. The van der Waals surface area contributed by atoms with Gasteiger partial charge in [0.25, 0.3) is 0 Å². The number of nitrogen functional groups attached to an aromatic ring is 1. The lowest BCUT2D eigenvalue weighted by atomic mass is 10.3. The van der Waals surface area contributed by atoms with E-state index in [-0.39, 0.29) is 0 Å². The molecule has 3 aromatic heterocycles. The molecule has 0 saturated heterocycles. The standard InChI is InChI=1S/C11H10ClN5O/c1-6-2-8(16-18-6)5-17-10-9(15-11(17)13)3-7(12)4-14-10/h2-4H,5H2,1H3,(H2,13,15). The number of fused-ring (bicyclic) bond motifs is 1. The summed E-state index contributed by atoms with van der Waals surface area (Å²) in [5.41, 5.74) is 7.99. The van der Waals surface area contributed by atoms with Crippen LogP contribution < -0.4 is 5.73 Å². The lowest BCUT2D eigenvalue weighted by Gasteiger charge is -2.02. The van der Waals surface area contributed by atoms with Crippen LogP contribution >= 0.6 is 11.6 Å². The Kier molecular flexibility index (Phi) is 2.45. The van der Waals surface area contributed by atoms with Crippen LogP contribution in [0.2, 0.25) is 5.02 Å². The Bertz CT molecular complexity index is 717. The van der Waals surface area contributed by atoms with E-state index in [1.807, 2.05) is 13.0 Å². The molecule has 7 heteroatoms. The van der Waals surface area contributed by atoms with Gasteiger partial charge in [-0.25, -0.2) is 9.97 Å². The fraction of sp³-hybridized carbons (Fsp3) is 0.182. The maximum atomic E-state index is 5.87. The molecule has 3 rings (SSSR count). The molecule has 2 N–H and O–H groups in total. The van der Waals surface area contributed by atoms with Crippen molar-refractivity contribution in [2.45, 2.75) is 13.5 Å². The maximum Gasteiger partial charge on any atom is 0.202 e. The lowest BCUT2D eigenvalue weighted by Crippen LogP contribution is -2.05. The third-order valence-corrected chi connectivity index (χ3v) is 2.78. The van der Waals surface area contributed by atoms with E-state index in [1.54, 1.807) is 16.8 Å². The first kappa shape index (κ1) is 11.0. The molecule has 3 heterocycles. The van der Waals surface area contributed by atoms with Crippen LogP contribution in [0.25, 0.3) is 11.2 Å². The quantitative estimate of drug-likeness (QED) is 0.765. The number of anilines is 1. The largest absolute Gasteiger partial charge is 0.369 e. The van der Waals surface area contributed by atoms with Gasteiger partial charge in [0.2, 0.25) is 5.95 Å². The van der Waals surface area contributed by atoms with Gasteiger partial charge in [0, 0.05) is 12.3 Å². The van der Waals surface area contributed by atoms with E-state index in [0.717, 1.165) is 11.5 Å². The van der Waals surface area contributed by atoms with Crippen LogP contribution in [0.15, 0.2) is 22.9 Å². The number of aromatic nitrogens is 4. The molecular formula is C11H10ClN5O. The minimum atomic E-state index is 0.375. The van der Waals surface area contributed by atoms with Gasteiger partial charge in [-0.1, -0.05) is 16.8 Å². The number of pyridine rings is 1. The van der Waals surface area contributed by atoms with E-state index >= 15 is 0 Å². The second-order valence-corrected chi connectivity index (χ2v) is 4.42. The van der Waals surface area contributed by atoms with Gasteiger partial charge in [0.05, 0.1) is 11.6 Å². The second kappa shape index (κ2) is 3.99. The average molecular weight is 264 g/mol. The molecule has 6 nitrogen and oxygen atoms in total. The first-order valence-electron chi connectivity index (χ1n) is 5.33. The Morgan fingerprint density at radius 3 is 3.00 bits per heavy atom. The van der Waals surface area contributed by atoms with Crippen LogP contribution in [0.4, 0.5) is 5.95 Å². The van der Waals surface area contributed by atoms with Crippen LogP contribution in [0.1, 0.15) is 11.5 Å². The van der Waals surface area contributed by atoms with Gasteiger partial charge in [0.15, 0.2) is 5.65 Å². The molecule has 18 heavy (non-hydrogen) atoms. The van der Waals surface area contributed by atoms with Crippen molar-refractivity contribution in [3.63, 3.8) is 0 Å². The zero-order valence-electron chi connectivity index (χ0n) is 9.59. The molecule has 3 aromatic rings. The highest BCUT2D eigenvalue weighted by Crippen LogP contribution is 2.20. The van der Waals surface area contributed by atoms with Crippen molar-refractivity contribution in [1.82, 2.24) is 19.7 Å². The Morgan fingerprint density at radius 1 is 1.44 bits per heavy atom. The molecule has 0 saturated carbocycles. The van der Waals surface area contributed by atoms with E-state index in [9.17, 15) is 0 Å². The molecule has 0 radical (unpaired) electrons. The van der Waals surface area contributed by atoms with E-state index in [2.05, 4.69) is 15.1 Å². The molecule has 0 spiro atoms. The van der Waals surface area contributed by atoms with Gasteiger partial charge < -0.3 is 10.3 Å². The van der Waals surface area contributed by atoms with E-state index in [0.29, 0.717) is 28.7 Å². The summed E-state index contributed by atoms with van der Waals surface area (Å²) in [7, 11) is 0. The summed E-state index contributed by atoms with van der Waals surface area (Å²) < 4.78 is 6.79. The molecule has 0 aliphatic heterocycles. The number of nitrogens with two attached hydrogens (primary N) is 1. The Hall–Kier alpha value is -2.08. The molecule has 0 aliphatic carbocycles. The summed E-state index contributed by atoms with van der Waals surface area (Å²) in [4.78, 5) is 8.45. The van der Waals surface area contributed by atoms with Crippen LogP contribution in [0, 0.1) is 6.92 Å². The predicted molar refractivity (Wildman–Crippen MR) is 67.3 cm³/mol. The van der Waals surface area contributed by atoms with Gasteiger partial charge in [-0.05, 0) is 13.0 Å². The number of nitrogens with zero attached hydrogens (tertiary/aromatic N) is 4. The molecule has 0 atom stereocenters. The van der Waals surface area contributed by atoms with E-state index < -0.39 is 0 Å². The van der Waals surface area contributed by atoms with Crippen LogP contribution in [-0.2, 0) is 6.54 Å². The first-order valence-corrected chi connectivity index (χ1v) is 5.71. The monoisotopic (exact) mass is 263 g/mol. The predicted octanol–water partition coefficient (Wildman–Crippen LogP) is 2.01. The van der Waals surface area contributed by atoms with Crippen molar-refractivity contribution in [1.29, 1.82) is 0 Å². The summed E-state index contributed by atoms with van der Waals surface area (Å²) >= 11 is 5.86. The third-order valence-electron chi connectivity index (χ3n) is 2.58. The number of halogens is 1. The summed E-state index contributed by atoms with van der Waals surface area (Å²) in [5.74, 6) is 1.13. The minimum absolute atomic E-state index is 0.375. The molecule has 0 amide bonds. The highest BCUT2D eigenvalue weighted by Gasteiger charge is 2.12. The van der Waals surface area contributed by atoms with Crippen molar-refractivity contribution >= 4 is 28.7 Å². The number of aryl methyl sites for hydroxylation is 1. The summed E-state index contributed by atoms with van der Waals surface area (Å²) in [6.07, 6.45) is 1.57. The minimum Gasteiger partial charge on any atom is -0.369 e. The van der Waals surface area contributed by atoms with Crippen molar-refractivity contribution in [3.8, 4) is 0 Å². The number of imidazole rings is 1.